The molecule has 0 spiro atoms. The molecular weight excluding hydrogens is 298 g/mol. The van der Waals surface area contributed by atoms with Crippen molar-refractivity contribution < 1.29 is 17.9 Å². The summed E-state index contributed by atoms with van der Waals surface area (Å²) in [5.41, 5.74) is 0.333. The molecule has 0 aliphatic carbocycles. The van der Waals surface area contributed by atoms with E-state index in [4.69, 9.17) is 15.4 Å². The van der Waals surface area contributed by atoms with Crippen molar-refractivity contribution in [2.45, 2.75) is 10.6 Å². The second-order valence-corrected chi connectivity index (χ2v) is 7.37. The summed E-state index contributed by atoms with van der Waals surface area (Å²) in [6, 6.07) is 1.29. The summed E-state index contributed by atoms with van der Waals surface area (Å²) in [6.45, 7) is 1.12. The number of methoxy groups -OCH3 is 1. The van der Waals surface area contributed by atoms with E-state index in [0.717, 1.165) is 17.8 Å². The van der Waals surface area contributed by atoms with Crippen LogP contribution in [0.3, 0.4) is 0 Å². The van der Waals surface area contributed by atoms with Gasteiger partial charge in [0, 0.05) is 43.4 Å². The Labute approximate surface area is 115 Å². The molecule has 18 heavy (non-hydrogen) atoms. The molecule has 0 bridgehead atoms. The van der Waals surface area contributed by atoms with E-state index < -0.39 is 9.05 Å². The van der Waals surface area contributed by atoms with Crippen LogP contribution in [0, 0.1) is 0 Å². The van der Waals surface area contributed by atoms with Crippen LogP contribution < -0.4 is 0 Å². The lowest BCUT2D eigenvalue weighted by molar-refractivity contribution is 0.0780. The standard InChI is InChI=1S/C10H14ClNO4S2/c1-12(4-3-5-16-2)10(13)8-6-9(17-7-8)18(11,14)15/h6-7H,3-5H2,1-2H3. The maximum absolute atomic E-state index is 11.9. The highest BCUT2D eigenvalue weighted by atomic mass is 35.7. The van der Waals surface area contributed by atoms with Crippen molar-refractivity contribution >= 4 is 37.0 Å². The minimum absolute atomic E-state index is 0.0159. The molecule has 0 N–H and O–H groups in total. The van der Waals surface area contributed by atoms with Crippen molar-refractivity contribution in [3.63, 3.8) is 0 Å². The maximum atomic E-state index is 11.9. The molecule has 102 valence electrons. The minimum atomic E-state index is -3.76. The van der Waals surface area contributed by atoms with Gasteiger partial charge in [-0.05, 0) is 12.5 Å². The third-order valence-electron chi connectivity index (χ3n) is 2.25. The Bertz CT molecular complexity index is 512. The van der Waals surface area contributed by atoms with E-state index >= 15 is 0 Å². The fraction of sp³-hybridized carbons (Fsp3) is 0.500. The van der Waals surface area contributed by atoms with Crippen LogP contribution >= 0.6 is 22.0 Å². The summed E-state index contributed by atoms with van der Waals surface area (Å²) in [5.74, 6) is -0.228. The maximum Gasteiger partial charge on any atom is 0.270 e. The van der Waals surface area contributed by atoms with Gasteiger partial charge in [-0.2, -0.15) is 0 Å². The lowest BCUT2D eigenvalue weighted by atomic mass is 10.3. The fourth-order valence-electron chi connectivity index (χ4n) is 1.32. The molecule has 1 rings (SSSR count). The largest absolute Gasteiger partial charge is 0.385 e. The van der Waals surface area contributed by atoms with Crippen molar-refractivity contribution in [1.29, 1.82) is 0 Å². The number of nitrogens with zero attached hydrogens (tertiary/aromatic N) is 1. The minimum Gasteiger partial charge on any atom is -0.385 e. The summed E-state index contributed by atoms with van der Waals surface area (Å²) in [4.78, 5) is 13.5. The van der Waals surface area contributed by atoms with Gasteiger partial charge in [0.2, 0.25) is 0 Å². The van der Waals surface area contributed by atoms with Crippen LogP contribution in [0.5, 0.6) is 0 Å². The number of carbonyl (C=O) groups excluding carboxylic acids is 1. The number of halogens is 1. The molecule has 0 radical (unpaired) electrons. The topological polar surface area (TPSA) is 63.7 Å². The van der Waals surface area contributed by atoms with Gasteiger partial charge in [0.1, 0.15) is 4.21 Å². The third-order valence-corrected chi connectivity index (χ3v) is 5.29. The zero-order valence-electron chi connectivity index (χ0n) is 10.1. The first kappa shape index (κ1) is 15.4. The van der Waals surface area contributed by atoms with Crippen molar-refractivity contribution in [1.82, 2.24) is 4.90 Å². The fourth-order valence-corrected chi connectivity index (χ4v) is 3.26. The molecule has 1 aromatic rings. The van der Waals surface area contributed by atoms with Crippen molar-refractivity contribution in [2.75, 3.05) is 27.3 Å². The van der Waals surface area contributed by atoms with Crippen LogP contribution in [-0.4, -0.2) is 46.5 Å². The van der Waals surface area contributed by atoms with Gasteiger partial charge in [0.15, 0.2) is 0 Å². The number of hydrogen-bond acceptors (Lipinski definition) is 5. The predicted octanol–water partition coefficient (Wildman–Crippen LogP) is 1.78. The van der Waals surface area contributed by atoms with E-state index in [1.54, 1.807) is 14.2 Å². The Kier molecular flexibility index (Phi) is 5.58. The van der Waals surface area contributed by atoms with Crippen LogP contribution in [0.25, 0.3) is 0 Å². The molecule has 0 aliphatic rings. The molecular formula is C10H14ClNO4S2. The number of carbonyl (C=O) groups is 1. The van der Waals surface area contributed by atoms with Gasteiger partial charge in [-0.25, -0.2) is 8.42 Å². The summed E-state index contributed by atoms with van der Waals surface area (Å²) in [6.07, 6.45) is 0.726. The Morgan fingerprint density at radius 1 is 1.56 bits per heavy atom. The van der Waals surface area contributed by atoms with Crippen molar-refractivity contribution in [2.24, 2.45) is 0 Å². The zero-order chi connectivity index (χ0) is 13.8. The Morgan fingerprint density at radius 2 is 2.22 bits per heavy atom. The number of rotatable bonds is 6. The number of thiophene rings is 1. The molecule has 0 fully saturated rings. The monoisotopic (exact) mass is 311 g/mol. The molecule has 0 saturated heterocycles. The highest BCUT2D eigenvalue weighted by Gasteiger charge is 2.18. The Hall–Kier alpha value is -0.630. The van der Waals surface area contributed by atoms with Crippen molar-refractivity contribution in [3.05, 3.63) is 17.0 Å². The Balaban J connectivity index is 2.70. The molecule has 0 atom stereocenters. The summed E-state index contributed by atoms with van der Waals surface area (Å²) in [5, 5.41) is 1.49. The first-order valence-electron chi connectivity index (χ1n) is 5.14. The van der Waals surface area contributed by atoms with Gasteiger partial charge < -0.3 is 9.64 Å². The molecule has 0 aliphatic heterocycles. The smallest absolute Gasteiger partial charge is 0.270 e. The van der Waals surface area contributed by atoms with Gasteiger partial charge in [-0.3, -0.25) is 4.79 Å². The molecule has 0 unspecified atom stereocenters. The number of hydrogen-bond donors (Lipinski definition) is 0. The van der Waals surface area contributed by atoms with Gasteiger partial charge >= 0.3 is 0 Å². The van der Waals surface area contributed by atoms with Gasteiger partial charge in [0.25, 0.3) is 15.0 Å². The first-order chi connectivity index (χ1) is 8.36. The van der Waals surface area contributed by atoms with Crippen LogP contribution in [0.2, 0.25) is 0 Å². The molecule has 0 saturated carbocycles. The van der Waals surface area contributed by atoms with E-state index in [9.17, 15) is 13.2 Å². The van der Waals surface area contributed by atoms with E-state index in [2.05, 4.69) is 0 Å². The molecule has 0 aromatic carbocycles. The molecule has 5 nitrogen and oxygen atoms in total. The van der Waals surface area contributed by atoms with Crippen LogP contribution in [0.1, 0.15) is 16.8 Å². The summed E-state index contributed by atoms with van der Waals surface area (Å²) in [7, 11) is 4.69. The van der Waals surface area contributed by atoms with Crippen molar-refractivity contribution in [3.8, 4) is 0 Å². The quantitative estimate of drug-likeness (QED) is 0.593. The highest BCUT2D eigenvalue weighted by molar-refractivity contribution is 8.15. The third kappa shape index (κ3) is 4.24. The number of ether oxygens (including phenoxy) is 1. The lowest BCUT2D eigenvalue weighted by Gasteiger charge is -2.15. The van der Waals surface area contributed by atoms with Gasteiger partial charge in [0.05, 0.1) is 5.56 Å². The molecule has 1 amide bonds. The van der Waals surface area contributed by atoms with E-state index in [-0.39, 0.29) is 10.1 Å². The lowest BCUT2D eigenvalue weighted by Crippen LogP contribution is -2.28. The Morgan fingerprint density at radius 3 is 2.72 bits per heavy atom. The molecule has 1 aromatic heterocycles. The molecule has 8 heteroatoms. The average molecular weight is 312 g/mol. The summed E-state index contributed by atoms with van der Waals surface area (Å²) < 4.78 is 27.0. The first-order valence-corrected chi connectivity index (χ1v) is 8.32. The van der Waals surface area contributed by atoms with E-state index in [1.165, 1.54) is 16.3 Å². The second kappa shape index (κ2) is 6.51. The predicted molar refractivity (Wildman–Crippen MR) is 70.8 cm³/mol. The zero-order valence-corrected chi connectivity index (χ0v) is 12.4. The summed E-state index contributed by atoms with van der Waals surface area (Å²) >= 11 is 0.938. The molecule has 1 heterocycles. The van der Waals surface area contributed by atoms with Gasteiger partial charge in [-0.15, -0.1) is 11.3 Å². The highest BCUT2D eigenvalue weighted by Crippen LogP contribution is 2.24. The normalized spacial score (nSPS) is 11.5. The second-order valence-electron chi connectivity index (χ2n) is 3.67. The number of amides is 1. The van der Waals surface area contributed by atoms with Crippen LogP contribution in [0.4, 0.5) is 0 Å². The van der Waals surface area contributed by atoms with Crippen LogP contribution in [0.15, 0.2) is 15.7 Å². The van der Waals surface area contributed by atoms with Gasteiger partial charge in [-0.1, -0.05) is 0 Å². The SMILES string of the molecule is COCCCN(C)C(=O)c1csc(S(=O)(=O)Cl)c1. The van der Waals surface area contributed by atoms with E-state index in [0.29, 0.717) is 18.7 Å². The van der Waals surface area contributed by atoms with Crippen LogP contribution in [-0.2, 0) is 13.8 Å². The van der Waals surface area contributed by atoms with E-state index in [1.807, 2.05) is 0 Å². The average Bonchev–Trinajstić information content (AvgIpc) is 2.77.